The van der Waals surface area contributed by atoms with Crippen LogP contribution in [0.2, 0.25) is 0 Å². The van der Waals surface area contributed by atoms with Crippen molar-refractivity contribution in [1.82, 2.24) is 14.9 Å². The van der Waals surface area contributed by atoms with Crippen molar-refractivity contribution in [1.29, 1.82) is 0 Å². The van der Waals surface area contributed by atoms with Gasteiger partial charge in [-0.25, -0.2) is 4.98 Å². The molecule has 4 heterocycles. The number of nitrogens with zero attached hydrogens (tertiary/aromatic N) is 5. The van der Waals surface area contributed by atoms with Gasteiger partial charge in [-0.2, -0.15) is 18.2 Å². The standard InChI is InChI=1S/C27H28F3N5O3/c28-27(29,30)24-23(38-26(32-24)35-11-5-2-6-12-35)21(36)17-19-9-10-22(31-18-19)33-13-15-34(16-14-33)25(37)20-7-3-1-4-8-20/h1,3-4,7-10,18H,2,5-6,11-17H2. The van der Waals surface area contributed by atoms with Crippen LogP contribution in [-0.4, -0.2) is 65.8 Å². The third-order valence-corrected chi connectivity index (χ3v) is 6.85. The third-order valence-electron chi connectivity index (χ3n) is 6.85. The predicted molar refractivity (Wildman–Crippen MR) is 134 cm³/mol. The second kappa shape index (κ2) is 10.8. The summed E-state index contributed by atoms with van der Waals surface area (Å²) in [5, 5.41) is 0. The Balaban J connectivity index is 1.22. The van der Waals surface area contributed by atoms with E-state index in [-0.39, 0.29) is 18.3 Å². The van der Waals surface area contributed by atoms with E-state index in [0.29, 0.717) is 56.2 Å². The zero-order valence-corrected chi connectivity index (χ0v) is 20.8. The number of aromatic nitrogens is 2. The molecule has 2 aliphatic heterocycles. The molecule has 0 unspecified atom stereocenters. The van der Waals surface area contributed by atoms with Crippen molar-refractivity contribution < 1.29 is 27.2 Å². The Labute approximate surface area is 218 Å². The smallest absolute Gasteiger partial charge is 0.420 e. The number of rotatable bonds is 6. The highest BCUT2D eigenvalue weighted by Crippen LogP contribution is 2.35. The van der Waals surface area contributed by atoms with E-state index in [1.165, 1.54) is 6.20 Å². The number of piperazine rings is 1. The first-order valence-corrected chi connectivity index (χ1v) is 12.7. The van der Waals surface area contributed by atoms with Crippen LogP contribution in [-0.2, 0) is 12.6 Å². The summed E-state index contributed by atoms with van der Waals surface area (Å²) in [4.78, 5) is 39.1. The summed E-state index contributed by atoms with van der Waals surface area (Å²) in [6.45, 7) is 3.37. The zero-order chi connectivity index (χ0) is 26.7. The lowest BCUT2D eigenvalue weighted by molar-refractivity contribution is -0.141. The summed E-state index contributed by atoms with van der Waals surface area (Å²) < 4.78 is 46.3. The molecule has 5 rings (SSSR count). The highest BCUT2D eigenvalue weighted by atomic mass is 19.4. The van der Waals surface area contributed by atoms with Crippen LogP contribution in [0.5, 0.6) is 0 Å². The first-order chi connectivity index (χ1) is 18.3. The van der Waals surface area contributed by atoms with Crippen LogP contribution >= 0.6 is 0 Å². The van der Waals surface area contributed by atoms with Gasteiger partial charge in [0.2, 0.25) is 11.5 Å². The van der Waals surface area contributed by atoms with Crippen LogP contribution in [0, 0.1) is 0 Å². The van der Waals surface area contributed by atoms with Gasteiger partial charge in [-0.3, -0.25) is 9.59 Å². The molecule has 0 atom stereocenters. The quantitative estimate of drug-likeness (QED) is 0.438. The second-order valence-corrected chi connectivity index (χ2v) is 9.49. The van der Waals surface area contributed by atoms with E-state index >= 15 is 0 Å². The summed E-state index contributed by atoms with van der Waals surface area (Å²) in [5.41, 5.74) is -0.159. The van der Waals surface area contributed by atoms with Gasteiger partial charge in [0.05, 0.1) is 0 Å². The number of amides is 1. The number of carbonyl (C=O) groups excluding carboxylic acids is 2. The first-order valence-electron chi connectivity index (χ1n) is 12.7. The maximum Gasteiger partial charge on any atom is 0.437 e. The van der Waals surface area contributed by atoms with E-state index in [1.807, 2.05) is 23.1 Å². The molecule has 0 saturated carbocycles. The number of Topliss-reactive ketones (excluding diaryl/α,β-unsaturated/α-hetero) is 1. The molecule has 200 valence electrons. The molecular weight excluding hydrogens is 499 g/mol. The van der Waals surface area contributed by atoms with Crippen LogP contribution < -0.4 is 9.80 Å². The number of oxazole rings is 1. The maximum absolute atomic E-state index is 13.6. The van der Waals surface area contributed by atoms with E-state index < -0.39 is 23.4 Å². The Hall–Kier alpha value is -3.89. The normalized spacial score (nSPS) is 16.6. The Morgan fingerprint density at radius 3 is 2.21 bits per heavy atom. The first kappa shape index (κ1) is 25.7. The lowest BCUT2D eigenvalue weighted by Gasteiger charge is -2.35. The van der Waals surface area contributed by atoms with Gasteiger partial charge in [0, 0.05) is 57.4 Å². The van der Waals surface area contributed by atoms with Crippen LogP contribution in [0.1, 0.15) is 51.4 Å². The van der Waals surface area contributed by atoms with Crippen molar-refractivity contribution in [2.45, 2.75) is 31.9 Å². The van der Waals surface area contributed by atoms with E-state index in [9.17, 15) is 22.8 Å². The van der Waals surface area contributed by atoms with Crippen molar-refractivity contribution in [3.05, 3.63) is 71.2 Å². The molecule has 8 nitrogen and oxygen atoms in total. The fourth-order valence-electron chi connectivity index (χ4n) is 4.79. The Morgan fingerprint density at radius 2 is 1.58 bits per heavy atom. The van der Waals surface area contributed by atoms with Crippen molar-refractivity contribution in [2.75, 3.05) is 49.1 Å². The van der Waals surface area contributed by atoms with Crippen molar-refractivity contribution in [3.63, 3.8) is 0 Å². The number of benzene rings is 1. The minimum absolute atomic E-state index is 0.0128. The number of ketones is 1. The highest BCUT2D eigenvalue weighted by Gasteiger charge is 2.41. The van der Waals surface area contributed by atoms with Crippen LogP contribution in [0.15, 0.2) is 53.1 Å². The second-order valence-electron chi connectivity index (χ2n) is 9.49. The molecule has 2 saturated heterocycles. The Kier molecular flexibility index (Phi) is 7.35. The van der Waals surface area contributed by atoms with E-state index in [0.717, 1.165) is 19.3 Å². The SMILES string of the molecule is O=C(Cc1ccc(N2CCN(C(=O)c3ccccc3)CC2)nc1)c1oc(N2CCCCC2)nc1C(F)(F)F. The summed E-state index contributed by atoms with van der Waals surface area (Å²) >= 11 is 0. The van der Waals surface area contributed by atoms with Gasteiger partial charge in [0.25, 0.3) is 11.9 Å². The van der Waals surface area contributed by atoms with E-state index in [4.69, 9.17) is 4.42 Å². The van der Waals surface area contributed by atoms with Gasteiger partial charge in [-0.15, -0.1) is 0 Å². The maximum atomic E-state index is 13.6. The van der Waals surface area contributed by atoms with Gasteiger partial charge in [0.1, 0.15) is 5.82 Å². The molecule has 1 amide bonds. The number of hydrogen-bond acceptors (Lipinski definition) is 7. The van der Waals surface area contributed by atoms with Gasteiger partial charge in [-0.1, -0.05) is 24.3 Å². The molecule has 0 radical (unpaired) electrons. The topological polar surface area (TPSA) is 82.8 Å². The molecule has 2 aliphatic rings. The molecule has 0 spiro atoms. The molecule has 38 heavy (non-hydrogen) atoms. The predicted octanol–water partition coefficient (Wildman–Crippen LogP) is 4.47. The minimum Gasteiger partial charge on any atom is -0.420 e. The van der Waals surface area contributed by atoms with Crippen molar-refractivity contribution >= 4 is 23.5 Å². The van der Waals surface area contributed by atoms with E-state index in [2.05, 4.69) is 9.97 Å². The van der Waals surface area contributed by atoms with Crippen molar-refractivity contribution in [3.8, 4) is 0 Å². The lowest BCUT2D eigenvalue weighted by atomic mass is 10.1. The number of piperidine rings is 1. The van der Waals surface area contributed by atoms with Crippen LogP contribution in [0.3, 0.4) is 0 Å². The summed E-state index contributed by atoms with van der Waals surface area (Å²) in [6.07, 6.45) is -0.921. The lowest BCUT2D eigenvalue weighted by Crippen LogP contribution is -2.49. The average molecular weight is 528 g/mol. The number of pyridine rings is 1. The van der Waals surface area contributed by atoms with Gasteiger partial charge >= 0.3 is 6.18 Å². The summed E-state index contributed by atoms with van der Waals surface area (Å²) in [7, 11) is 0. The monoisotopic (exact) mass is 527 g/mol. The molecule has 1 aromatic carbocycles. The molecule has 3 aromatic rings. The van der Waals surface area contributed by atoms with Gasteiger partial charge in [-0.05, 0) is 43.0 Å². The number of anilines is 2. The molecule has 11 heteroatoms. The fourth-order valence-corrected chi connectivity index (χ4v) is 4.79. The molecular formula is C27H28F3N5O3. The average Bonchev–Trinajstić information content (AvgIpc) is 3.41. The van der Waals surface area contributed by atoms with Crippen LogP contribution in [0.4, 0.5) is 25.0 Å². The molecule has 0 bridgehead atoms. The Bertz CT molecular complexity index is 1260. The van der Waals surface area contributed by atoms with Gasteiger partial charge < -0.3 is 19.1 Å². The highest BCUT2D eigenvalue weighted by molar-refractivity contribution is 5.96. The third kappa shape index (κ3) is 5.66. The largest absolute Gasteiger partial charge is 0.437 e. The molecule has 2 fully saturated rings. The van der Waals surface area contributed by atoms with Crippen LogP contribution in [0.25, 0.3) is 0 Å². The Morgan fingerprint density at radius 1 is 0.868 bits per heavy atom. The minimum atomic E-state index is -4.80. The number of halogens is 3. The molecule has 0 N–H and O–H groups in total. The molecule has 2 aromatic heterocycles. The van der Waals surface area contributed by atoms with Gasteiger partial charge in [0.15, 0.2) is 5.69 Å². The summed E-state index contributed by atoms with van der Waals surface area (Å²) in [5.74, 6) is -0.894. The number of carbonyl (C=O) groups is 2. The summed E-state index contributed by atoms with van der Waals surface area (Å²) in [6, 6.07) is 12.4. The number of hydrogen-bond donors (Lipinski definition) is 0. The fraction of sp³-hybridized carbons (Fsp3) is 0.407. The molecule has 0 aliphatic carbocycles. The van der Waals surface area contributed by atoms with E-state index in [1.54, 1.807) is 34.1 Å². The zero-order valence-electron chi connectivity index (χ0n) is 20.8. The number of alkyl halides is 3. The van der Waals surface area contributed by atoms with Crippen molar-refractivity contribution in [2.24, 2.45) is 0 Å².